The van der Waals surface area contributed by atoms with Crippen LogP contribution in [0.4, 0.5) is 0 Å². The first kappa shape index (κ1) is 29.2. The molecule has 0 aromatic carbocycles. The number of hydrogen-bond donors (Lipinski definition) is 4. The Hall–Kier alpha value is -0.810. The van der Waals surface area contributed by atoms with Crippen molar-refractivity contribution in [2.75, 3.05) is 13.1 Å². The van der Waals surface area contributed by atoms with E-state index in [2.05, 4.69) is 24.2 Å². The highest BCUT2D eigenvalue weighted by molar-refractivity contribution is 5.77. The highest BCUT2D eigenvalue weighted by atomic mass is 16.3. The molecule has 0 saturated carbocycles. The molecule has 0 spiro atoms. The van der Waals surface area contributed by atoms with Gasteiger partial charge in [0.05, 0.1) is 18.8 Å². The molecule has 0 heterocycles. The van der Waals surface area contributed by atoms with Gasteiger partial charge in [-0.1, -0.05) is 117 Å². The first-order valence-electron chi connectivity index (χ1n) is 13.0. The maximum atomic E-state index is 10.1. The Morgan fingerprint density at radius 1 is 0.667 bits per heavy atom. The molecule has 0 aliphatic rings. The van der Waals surface area contributed by atoms with Gasteiger partial charge in [0.1, 0.15) is 0 Å². The lowest BCUT2D eigenvalue weighted by Crippen LogP contribution is -2.38. The number of aliphatic imine (C=N–C) groups is 1. The van der Waals surface area contributed by atoms with Crippen molar-refractivity contribution in [2.24, 2.45) is 10.7 Å². The molecule has 0 radical (unpaired) electrons. The zero-order valence-corrected chi connectivity index (χ0v) is 20.2. The standard InChI is InChI=1S/C25H53N3O2/c1-3-5-7-9-11-13-15-17-19-23(29)21-27-25(26)28-22-24(30)20-18-16-14-12-10-8-6-4-2/h23-24,29-30H,3-22H2,1-2H3,(H3,26,27,28). The number of nitrogens with two attached hydrogens (primary N) is 1. The summed E-state index contributed by atoms with van der Waals surface area (Å²) in [5.74, 6) is 0.319. The van der Waals surface area contributed by atoms with Gasteiger partial charge in [0.25, 0.3) is 0 Å². The molecule has 2 atom stereocenters. The number of unbranched alkanes of at least 4 members (excludes halogenated alkanes) is 14. The highest BCUT2D eigenvalue weighted by Crippen LogP contribution is 2.11. The first-order chi connectivity index (χ1) is 14.6. The average molecular weight is 428 g/mol. The minimum absolute atomic E-state index is 0.319. The number of hydrogen-bond acceptors (Lipinski definition) is 3. The van der Waals surface area contributed by atoms with Gasteiger partial charge in [-0.3, -0.25) is 4.99 Å². The fourth-order valence-electron chi connectivity index (χ4n) is 3.70. The summed E-state index contributed by atoms with van der Waals surface area (Å²) in [6.07, 6.45) is 21.1. The number of aliphatic hydroxyl groups is 2. The Morgan fingerprint density at radius 3 is 1.53 bits per heavy atom. The van der Waals surface area contributed by atoms with Crippen LogP contribution in [0, 0.1) is 0 Å². The summed E-state index contributed by atoms with van der Waals surface area (Å²) in [4.78, 5) is 4.21. The molecular weight excluding hydrogens is 374 g/mol. The van der Waals surface area contributed by atoms with E-state index in [1.165, 1.54) is 89.9 Å². The Bertz CT molecular complexity index is 377. The van der Waals surface area contributed by atoms with Crippen molar-refractivity contribution in [3.8, 4) is 0 Å². The second-order valence-corrected chi connectivity index (χ2v) is 8.94. The van der Waals surface area contributed by atoms with E-state index in [0.29, 0.717) is 19.0 Å². The monoisotopic (exact) mass is 427 g/mol. The van der Waals surface area contributed by atoms with Crippen LogP contribution in [0.5, 0.6) is 0 Å². The molecule has 0 fully saturated rings. The molecule has 0 saturated heterocycles. The third-order valence-corrected chi connectivity index (χ3v) is 5.77. The second-order valence-electron chi connectivity index (χ2n) is 8.94. The number of aliphatic hydroxyl groups excluding tert-OH is 2. The molecule has 0 aliphatic heterocycles. The van der Waals surface area contributed by atoms with E-state index in [1.807, 2.05) is 0 Å². The quantitative estimate of drug-likeness (QED) is 0.102. The van der Waals surface area contributed by atoms with Gasteiger partial charge < -0.3 is 21.3 Å². The minimum atomic E-state index is -0.423. The summed E-state index contributed by atoms with van der Waals surface area (Å²) in [6, 6.07) is 0. The van der Waals surface area contributed by atoms with Gasteiger partial charge in [-0.25, -0.2) is 0 Å². The lowest BCUT2D eigenvalue weighted by molar-refractivity contribution is 0.163. The van der Waals surface area contributed by atoms with Crippen molar-refractivity contribution in [1.82, 2.24) is 5.32 Å². The third-order valence-electron chi connectivity index (χ3n) is 5.77. The van der Waals surface area contributed by atoms with Crippen LogP contribution in [0.1, 0.15) is 129 Å². The molecule has 5 N–H and O–H groups in total. The van der Waals surface area contributed by atoms with E-state index >= 15 is 0 Å². The van der Waals surface area contributed by atoms with Gasteiger partial charge in [0, 0.05) is 6.54 Å². The lowest BCUT2D eigenvalue weighted by Gasteiger charge is -2.13. The van der Waals surface area contributed by atoms with Gasteiger partial charge in [-0.05, 0) is 12.8 Å². The van der Waals surface area contributed by atoms with E-state index in [-0.39, 0.29) is 6.10 Å². The Kier molecular flexibility index (Phi) is 22.2. The molecule has 5 nitrogen and oxygen atoms in total. The molecule has 0 aromatic rings. The van der Waals surface area contributed by atoms with Crippen LogP contribution in [0.25, 0.3) is 0 Å². The second kappa shape index (κ2) is 22.9. The molecule has 0 rings (SSSR count). The Balaban J connectivity index is 3.55. The summed E-state index contributed by atoms with van der Waals surface area (Å²) in [5.41, 5.74) is 5.86. The Morgan fingerprint density at radius 2 is 1.07 bits per heavy atom. The van der Waals surface area contributed by atoms with E-state index in [1.54, 1.807) is 0 Å². The van der Waals surface area contributed by atoms with Crippen molar-refractivity contribution in [3.05, 3.63) is 0 Å². The number of guanidine groups is 1. The molecule has 0 amide bonds. The van der Waals surface area contributed by atoms with Crippen LogP contribution >= 0.6 is 0 Å². The summed E-state index contributed by atoms with van der Waals surface area (Å²) in [7, 11) is 0. The van der Waals surface area contributed by atoms with Crippen LogP contribution in [-0.4, -0.2) is 41.5 Å². The molecule has 30 heavy (non-hydrogen) atoms. The minimum Gasteiger partial charge on any atom is -0.391 e. The zero-order valence-electron chi connectivity index (χ0n) is 20.2. The topological polar surface area (TPSA) is 90.9 Å². The SMILES string of the molecule is CCCCCCCCCCC(O)CN=C(N)NCC(O)CCCCCCCCCC. The largest absolute Gasteiger partial charge is 0.391 e. The number of rotatable bonds is 22. The average Bonchev–Trinajstić information content (AvgIpc) is 2.74. The van der Waals surface area contributed by atoms with Crippen LogP contribution in [0.2, 0.25) is 0 Å². The van der Waals surface area contributed by atoms with E-state index in [9.17, 15) is 10.2 Å². The van der Waals surface area contributed by atoms with Crippen molar-refractivity contribution >= 4 is 5.96 Å². The molecule has 0 bridgehead atoms. The van der Waals surface area contributed by atoms with Crippen LogP contribution in [0.3, 0.4) is 0 Å². The zero-order chi connectivity index (χ0) is 22.3. The van der Waals surface area contributed by atoms with Gasteiger partial charge in [0.2, 0.25) is 0 Å². The van der Waals surface area contributed by atoms with Gasteiger partial charge in [0.15, 0.2) is 5.96 Å². The fraction of sp³-hybridized carbons (Fsp3) is 0.960. The number of nitrogens with zero attached hydrogens (tertiary/aromatic N) is 1. The lowest BCUT2D eigenvalue weighted by atomic mass is 10.1. The predicted molar refractivity (Wildman–Crippen MR) is 131 cm³/mol. The molecule has 0 aromatic heterocycles. The molecule has 180 valence electrons. The highest BCUT2D eigenvalue weighted by Gasteiger charge is 2.06. The van der Waals surface area contributed by atoms with Crippen molar-refractivity contribution in [3.63, 3.8) is 0 Å². The van der Waals surface area contributed by atoms with Gasteiger partial charge in [-0.2, -0.15) is 0 Å². The maximum Gasteiger partial charge on any atom is 0.188 e. The van der Waals surface area contributed by atoms with Crippen LogP contribution in [0.15, 0.2) is 4.99 Å². The van der Waals surface area contributed by atoms with Crippen molar-refractivity contribution < 1.29 is 10.2 Å². The van der Waals surface area contributed by atoms with Crippen LogP contribution < -0.4 is 11.1 Å². The summed E-state index contributed by atoms with van der Waals surface area (Å²) >= 11 is 0. The molecular formula is C25H53N3O2. The number of nitrogens with one attached hydrogen (secondary N) is 1. The smallest absolute Gasteiger partial charge is 0.188 e. The predicted octanol–water partition coefficient (Wildman–Crippen LogP) is 5.67. The molecule has 5 heteroatoms. The van der Waals surface area contributed by atoms with Gasteiger partial charge in [-0.15, -0.1) is 0 Å². The fourth-order valence-corrected chi connectivity index (χ4v) is 3.70. The van der Waals surface area contributed by atoms with Crippen molar-refractivity contribution in [1.29, 1.82) is 0 Å². The van der Waals surface area contributed by atoms with Gasteiger partial charge >= 0.3 is 0 Å². The van der Waals surface area contributed by atoms with E-state index in [4.69, 9.17) is 5.73 Å². The summed E-state index contributed by atoms with van der Waals surface area (Å²) < 4.78 is 0. The first-order valence-corrected chi connectivity index (χ1v) is 13.0. The molecule has 2 unspecified atom stereocenters. The van der Waals surface area contributed by atoms with E-state index < -0.39 is 6.10 Å². The van der Waals surface area contributed by atoms with E-state index in [0.717, 1.165) is 25.7 Å². The molecule has 0 aliphatic carbocycles. The van der Waals surface area contributed by atoms with Crippen LogP contribution in [-0.2, 0) is 0 Å². The van der Waals surface area contributed by atoms with Crippen molar-refractivity contribution in [2.45, 2.75) is 142 Å². The summed E-state index contributed by atoms with van der Waals surface area (Å²) in [6.45, 7) is 5.25. The third kappa shape index (κ3) is 21.9. The maximum absolute atomic E-state index is 10.1. The summed E-state index contributed by atoms with van der Waals surface area (Å²) in [5, 5.41) is 23.1. The Labute approximate surface area is 187 Å². The normalized spacial score (nSPS) is 14.1.